The van der Waals surface area contributed by atoms with Gasteiger partial charge in [-0.3, -0.25) is 14.5 Å². The molecule has 6 heteroatoms. The van der Waals surface area contributed by atoms with E-state index in [2.05, 4.69) is 5.32 Å². The van der Waals surface area contributed by atoms with Crippen LogP contribution in [0, 0.1) is 5.92 Å². The van der Waals surface area contributed by atoms with E-state index in [0.717, 1.165) is 48.5 Å². The fourth-order valence-corrected chi connectivity index (χ4v) is 5.82. The van der Waals surface area contributed by atoms with Crippen LogP contribution in [-0.4, -0.2) is 11.7 Å². The topological polar surface area (TPSA) is 75.7 Å². The number of fused-ring (bicyclic) bond motifs is 1. The van der Waals surface area contributed by atoms with Gasteiger partial charge in [0.15, 0.2) is 5.78 Å². The molecule has 2 aliphatic carbocycles. The van der Waals surface area contributed by atoms with E-state index in [4.69, 9.17) is 8.83 Å². The highest BCUT2D eigenvalue weighted by Gasteiger charge is 2.44. The lowest BCUT2D eigenvalue weighted by molar-refractivity contribution is -0.123. The SMILES string of the molecule is O=C1C[C@@H](c2ccco2)CC2=C1[C@@H](c1ccco1)N(C(=O)C1CCCCC1)c1ccccc1N2. The Morgan fingerprint density at radius 2 is 1.62 bits per heavy atom. The Morgan fingerprint density at radius 3 is 2.35 bits per heavy atom. The molecule has 3 heterocycles. The van der Waals surface area contributed by atoms with E-state index in [0.29, 0.717) is 24.2 Å². The van der Waals surface area contributed by atoms with Gasteiger partial charge in [0, 0.05) is 29.5 Å². The molecule has 3 aromatic rings. The number of amides is 1. The van der Waals surface area contributed by atoms with Crippen molar-refractivity contribution in [3.05, 3.63) is 83.8 Å². The van der Waals surface area contributed by atoms with Crippen LogP contribution in [-0.2, 0) is 9.59 Å². The van der Waals surface area contributed by atoms with Gasteiger partial charge in [0.25, 0.3) is 0 Å². The predicted molar refractivity (Wildman–Crippen MR) is 128 cm³/mol. The second-order valence-corrected chi connectivity index (χ2v) is 9.54. The van der Waals surface area contributed by atoms with Crippen molar-refractivity contribution >= 4 is 23.1 Å². The monoisotopic (exact) mass is 456 g/mol. The Labute approximate surface area is 198 Å². The maximum Gasteiger partial charge on any atom is 0.231 e. The number of allylic oxidation sites excluding steroid dienone is 1. The highest BCUT2D eigenvalue weighted by atomic mass is 16.3. The van der Waals surface area contributed by atoms with Gasteiger partial charge in [-0.2, -0.15) is 0 Å². The van der Waals surface area contributed by atoms with Gasteiger partial charge in [0.05, 0.1) is 23.9 Å². The lowest BCUT2D eigenvalue weighted by Crippen LogP contribution is -2.42. The fraction of sp³-hybridized carbons (Fsp3) is 0.357. The lowest BCUT2D eigenvalue weighted by Gasteiger charge is -2.36. The first-order valence-corrected chi connectivity index (χ1v) is 12.2. The maximum absolute atomic E-state index is 14.1. The van der Waals surface area contributed by atoms with E-state index < -0.39 is 6.04 Å². The maximum atomic E-state index is 14.1. The molecule has 0 spiro atoms. The Kier molecular flexibility index (Phi) is 5.36. The third kappa shape index (κ3) is 3.58. The number of carbonyl (C=O) groups excluding carboxylic acids is 2. The molecule has 0 unspecified atom stereocenters. The third-order valence-corrected chi connectivity index (χ3v) is 7.44. The van der Waals surface area contributed by atoms with Crippen LogP contribution in [0.4, 0.5) is 11.4 Å². The van der Waals surface area contributed by atoms with Crippen LogP contribution in [0.1, 0.15) is 68.4 Å². The number of hydrogen-bond acceptors (Lipinski definition) is 5. The molecule has 6 rings (SSSR count). The largest absolute Gasteiger partial charge is 0.469 e. The number of Topliss-reactive ketones (excluding diaryl/α,β-unsaturated/α-hetero) is 1. The Hall–Kier alpha value is -3.54. The van der Waals surface area contributed by atoms with Gasteiger partial charge < -0.3 is 14.2 Å². The minimum Gasteiger partial charge on any atom is -0.469 e. The van der Waals surface area contributed by atoms with Crippen molar-refractivity contribution in [2.24, 2.45) is 5.92 Å². The van der Waals surface area contributed by atoms with Gasteiger partial charge in [-0.15, -0.1) is 0 Å². The number of furan rings is 2. The molecule has 0 bridgehead atoms. The molecule has 1 amide bonds. The Morgan fingerprint density at radius 1 is 0.882 bits per heavy atom. The molecule has 34 heavy (non-hydrogen) atoms. The zero-order chi connectivity index (χ0) is 23.1. The van der Waals surface area contributed by atoms with Crippen LogP contribution in [0.25, 0.3) is 0 Å². The molecule has 1 saturated carbocycles. The first-order valence-electron chi connectivity index (χ1n) is 12.2. The number of hydrogen-bond donors (Lipinski definition) is 1. The number of para-hydroxylation sites is 2. The normalized spacial score (nSPS) is 23.2. The molecule has 1 fully saturated rings. The van der Waals surface area contributed by atoms with Crippen molar-refractivity contribution in [1.82, 2.24) is 0 Å². The van der Waals surface area contributed by atoms with Gasteiger partial charge in [-0.1, -0.05) is 31.4 Å². The zero-order valence-electron chi connectivity index (χ0n) is 19.0. The van der Waals surface area contributed by atoms with Crippen molar-refractivity contribution < 1.29 is 18.4 Å². The molecule has 2 aromatic heterocycles. The summed E-state index contributed by atoms with van der Waals surface area (Å²) in [6.45, 7) is 0. The van der Waals surface area contributed by atoms with E-state index in [1.807, 2.05) is 53.4 Å². The predicted octanol–water partition coefficient (Wildman–Crippen LogP) is 6.35. The third-order valence-electron chi connectivity index (χ3n) is 7.44. The van der Waals surface area contributed by atoms with Crippen LogP contribution >= 0.6 is 0 Å². The summed E-state index contributed by atoms with van der Waals surface area (Å²) < 4.78 is 11.5. The molecule has 0 saturated heterocycles. The molecule has 0 radical (unpaired) electrons. The number of anilines is 2. The van der Waals surface area contributed by atoms with Gasteiger partial charge in [0.2, 0.25) is 5.91 Å². The Bertz CT molecular complexity index is 1220. The summed E-state index contributed by atoms with van der Waals surface area (Å²) in [4.78, 5) is 29.7. The van der Waals surface area contributed by atoms with Crippen LogP contribution < -0.4 is 10.2 Å². The number of nitrogens with zero attached hydrogens (tertiary/aromatic N) is 1. The molecular weight excluding hydrogens is 428 g/mol. The van der Waals surface area contributed by atoms with Crippen molar-refractivity contribution in [1.29, 1.82) is 0 Å². The highest BCUT2D eigenvalue weighted by molar-refractivity contribution is 6.06. The molecular formula is C28H28N2O4. The average molecular weight is 457 g/mol. The summed E-state index contributed by atoms with van der Waals surface area (Å²) in [5, 5.41) is 3.55. The molecule has 1 aliphatic heterocycles. The van der Waals surface area contributed by atoms with Gasteiger partial charge in [0.1, 0.15) is 17.6 Å². The van der Waals surface area contributed by atoms with Crippen LogP contribution in [0.15, 0.2) is 81.2 Å². The van der Waals surface area contributed by atoms with Crippen LogP contribution in [0.3, 0.4) is 0 Å². The van der Waals surface area contributed by atoms with Crippen molar-refractivity contribution in [3.8, 4) is 0 Å². The number of benzene rings is 1. The van der Waals surface area contributed by atoms with E-state index in [1.54, 1.807) is 12.5 Å². The molecule has 6 nitrogen and oxygen atoms in total. The van der Waals surface area contributed by atoms with Crippen molar-refractivity contribution in [2.45, 2.75) is 56.9 Å². The van der Waals surface area contributed by atoms with Gasteiger partial charge >= 0.3 is 0 Å². The Balaban J connectivity index is 1.51. The first-order chi connectivity index (χ1) is 16.7. The second kappa shape index (κ2) is 8.67. The van der Waals surface area contributed by atoms with Gasteiger partial charge in [-0.05, 0) is 55.7 Å². The summed E-state index contributed by atoms with van der Waals surface area (Å²) >= 11 is 0. The van der Waals surface area contributed by atoms with Crippen molar-refractivity contribution in [2.75, 3.05) is 10.2 Å². The number of nitrogens with one attached hydrogen (secondary N) is 1. The van der Waals surface area contributed by atoms with E-state index >= 15 is 0 Å². The zero-order valence-corrected chi connectivity index (χ0v) is 19.0. The standard InChI is InChI=1S/C28H28N2O4/c31-23-17-19(24-12-6-14-33-24)16-21-26(23)27(25-13-7-15-34-25)30(22-11-5-4-10-20(22)29-21)28(32)18-8-2-1-3-9-18/h4-7,10-15,18-19,27,29H,1-3,8-9,16-17H2/t19-,27+/m0/s1. The van der Waals surface area contributed by atoms with Crippen LogP contribution in [0.5, 0.6) is 0 Å². The summed E-state index contributed by atoms with van der Waals surface area (Å²) in [5.74, 6) is 1.43. The van der Waals surface area contributed by atoms with E-state index in [-0.39, 0.29) is 23.5 Å². The molecule has 174 valence electrons. The molecule has 2 atom stereocenters. The summed E-state index contributed by atoms with van der Waals surface area (Å²) in [7, 11) is 0. The summed E-state index contributed by atoms with van der Waals surface area (Å²) in [6.07, 6.45) is 9.30. The smallest absolute Gasteiger partial charge is 0.231 e. The highest BCUT2D eigenvalue weighted by Crippen LogP contribution is 2.48. The average Bonchev–Trinajstić information content (AvgIpc) is 3.57. The molecule has 1 N–H and O–H groups in total. The molecule has 3 aliphatic rings. The van der Waals surface area contributed by atoms with Gasteiger partial charge in [-0.25, -0.2) is 0 Å². The fourth-order valence-electron chi connectivity index (χ4n) is 5.82. The number of rotatable bonds is 3. The second-order valence-electron chi connectivity index (χ2n) is 9.54. The van der Waals surface area contributed by atoms with Crippen molar-refractivity contribution in [3.63, 3.8) is 0 Å². The first kappa shape index (κ1) is 21.0. The molecule has 1 aromatic carbocycles. The summed E-state index contributed by atoms with van der Waals surface area (Å²) in [6, 6.07) is 14.7. The van der Waals surface area contributed by atoms with E-state index in [1.165, 1.54) is 6.42 Å². The lowest BCUT2D eigenvalue weighted by atomic mass is 9.80. The minimum atomic E-state index is -0.597. The number of ketones is 1. The summed E-state index contributed by atoms with van der Waals surface area (Å²) in [5.41, 5.74) is 3.08. The number of carbonyl (C=O) groups is 2. The van der Waals surface area contributed by atoms with E-state index in [9.17, 15) is 9.59 Å². The quantitative estimate of drug-likeness (QED) is 0.497. The van der Waals surface area contributed by atoms with Crippen LogP contribution in [0.2, 0.25) is 0 Å². The minimum absolute atomic E-state index is 0.0193.